The number of aromatic nitrogens is 4. The largest absolute Gasteiger partial charge is 0.480 e. The molecular weight excluding hydrogens is 358 g/mol. The van der Waals surface area contributed by atoms with E-state index in [1.807, 2.05) is 0 Å². The van der Waals surface area contributed by atoms with Crippen LogP contribution in [-0.2, 0) is 9.53 Å². The number of aliphatic carboxylic acids is 1. The van der Waals surface area contributed by atoms with Crippen LogP contribution in [0, 0.1) is 0 Å². The third kappa shape index (κ3) is 3.68. The Morgan fingerprint density at radius 3 is 2.74 bits per heavy atom. The Kier molecular flexibility index (Phi) is 5.23. The first-order chi connectivity index (χ1) is 12.8. The summed E-state index contributed by atoms with van der Waals surface area (Å²) in [5, 5.41) is 29.4. The van der Waals surface area contributed by atoms with E-state index in [2.05, 4.69) is 15.0 Å². The van der Waals surface area contributed by atoms with Gasteiger partial charge in [-0.1, -0.05) is 0 Å². The molecule has 5 atom stereocenters. The van der Waals surface area contributed by atoms with Crippen molar-refractivity contribution in [2.45, 2.75) is 43.4 Å². The molecule has 3 heterocycles. The molecule has 0 saturated carbocycles. The first kappa shape index (κ1) is 19.0. The quantitative estimate of drug-likeness (QED) is 0.325. The summed E-state index contributed by atoms with van der Waals surface area (Å²) < 4.78 is 7.10. The second-order valence-electron chi connectivity index (χ2n) is 6.28. The number of nitrogens with two attached hydrogens (primary N) is 3. The molecule has 1 fully saturated rings. The Morgan fingerprint density at radius 2 is 2.04 bits per heavy atom. The van der Waals surface area contributed by atoms with Crippen LogP contribution in [-0.4, -0.2) is 65.1 Å². The lowest BCUT2D eigenvalue weighted by atomic mass is 10.1. The highest BCUT2D eigenvalue weighted by molar-refractivity contribution is 5.81. The molecule has 1 aliphatic heterocycles. The van der Waals surface area contributed by atoms with E-state index in [1.54, 1.807) is 0 Å². The van der Waals surface area contributed by atoms with Gasteiger partial charge in [-0.05, 0) is 18.9 Å². The van der Waals surface area contributed by atoms with Crippen molar-refractivity contribution in [1.82, 2.24) is 19.5 Å². The molecule has 0 aromatic carbocycles. The molecule has 146 valence electrons. The predicted molar refractivity (Wildman–Crippen MR) is 92.8 cm³/mol. The van der Waals surface area contributed by atoms with E-state index in [0.29, 0.717) is 11.2 Å². The van der Waals surface area contributed by atoms with E-state index in [0.717, 1.165) is 0 Å². The third-order valence-electron chi connectivity index (χ3n) is 4.33. The third-order valence-corrected chi connectivity index (χ3v) is 4.33. The summed E-state index contributed by atoms with van der Waals surface area (Å²) in [5.41, 5.74) is 17.8. The lowest BCUT2D eigenvalue weighted by Gasteiger charge is -2.16. The smallest absolute Gasteiger partial charge is 0.320 e. The maximum Gasteiger partial charge on any atom is 0.320 e. The van der Waals surface area contributed by atoms with Crippen molar-refractivity contribution in [2.24, 2.45) is 11.5 Å². The molecule has 0 amide bonds. The van der Waals surface area contributed by atoms with Crippen LogP contribution in [0.3, 0.4) is 0 Å². The number of fused-ring (bicyclic) bond motifs is 1. The summed E-state index contributed by atoms with van der Waals surface area (Å²) >= 11 is 0. The number of hydrogen-bond acceptors (Lipinski definition) is 10. The number of nitrogens with zero attached hydrogens (tertiary/aromatic N) is 4. The summed E-state index contributed by atoms with van der Waals surface area (Å²) in [7, 11) is 0. The zero-order valence-electron chi connectivity index (χ0n) is 14.2. The predicted octanol–water partition coefficient (Wildman–Crippen LogP) is -1.94. The van der Waals surface area contributed by atoms with Gasteiger partial charge >= 0.3 is 5.97 Å². The number of aliphatic hydroxyl groups excluding tert-OH is 2. The molecule has 0 spiro atoms. The number of carbonyl (C=O) groups is 1. The number of anilines is 1. The molecule has 3 rings (SSSR count). The van der Waals surface area contributed by atoms with Crippen molar-refractivity contribution in [2.75, 3.05) is 5.73 Å². The average molecular weight is 379 g/mol. The monoisotopic (exact) mass is 379 g/mol. The number of aliphatic hydroxyl groups is 2. The molecule has 1 aliphatic rings. The van der Waals surface area contributed by atoms with Crippen molar-refractivity contribution in [3.63, 3.8) is 0 Å². The van der Waals surface area contributed by atoms with Gasteiger partial charge in [-0.3, -0.25) is 9.36 Å². The molecule has 0 bridgehead atoms. The van der Waals surface area contributed by atoms with Gasteiger partial charge in [-0.15, -0.1) is 0 Å². The molecule has 12 nitrogen and oxygen atoms in total. The van der Waals surface area contributed by atoms with Crippen LogP contribution in [0.15, 0.2) is 24.5 Å². The molecular formula is C15H21N7O5. The highest BCUT2D eigenvalue weighted by Gasteiger charge is 2.41. The fourth-order valence-electron chi connectivity index (χ4n) is 2.81. The molecule has 2 aromatic rings. The number of carboxylic acid groups (broad SMARTS) is 1. The van der Waals surface area contributed by atoms with Gasteiger partial charge in [0.05, 0.1) is 0 Å². The highest BCUT2D eigenvalue weighted by Crippen LogP contribution is 2.34. The zero-order valence-corrected chi connectivity index (χ0v) is 14.2. The first-order valence-corrected chi connectivity index (χ1v) is 8.21. The van der Waals surface area contributed by atoms with E-state index >= 15 is 0 Å². The number of carboxylic acids is 1. The van der Waals surface area contributed by atoms with Gasteiger partial charge in [0.1, 0.15) is 42.2 Å². The Labute approximate surface area is 153 Å². The van der Waals surface area contributed by atoms with Gasteiger partial charge in [0, 0.05) is 6.04 Å². The van der Waals surface area contributed by atoms with E-state index in [4.69, 9.17) is 27.0 Å². The molecule has 12 heteroatoms. The number of hydrogen-bond donors (Lipinski definition) is 6. The average Bonchev–Trinajstić information content (AvgIpc) is 3.17. The number of rotatable bonds is 6. The second-order valence-corrected chi connectivity index (χ2v) is 6.28. The minimum Gasteiger partial charge on any atom is -0.480 e. The molecule has 1 saturated heterocycles. The van der Waals surface area contributed by atoms with Crippen LogP contribution < -0.4 is 17.2 Å². The molecule has 2 aromatic heterocycles. The summed E-state index contributed by atoms with van der Waals surface area (Å²) in [6, 6.07) is -1.63. The molecule has 0 aliphatic carbocycles. The van der Waals surface area contributed by atoms with Gasteiger partial charge in [0.25, 0.3) is 0 Å². The van der Waals surface area contributed by atoms with E-state index in [-0.39, 0.29) is 24.4 Å². The number of imidazole rings is 1. The zero-order chi connectivity index (χ0) is 19.7. The van der Waals surface area contributed by atoms with Gasteiger partial charge < -0.3 is 37.3 Å². The fraction of sp³-hybridized carbons (Fsp3) is 0.467. The first-order valence-electron chi connectivity index (χ1n) is 8.21. The number of ether oxygens (including phenoxy) is 1. The van der Waals surface area contributed by atoms with Gasteiger partial charge in [0.15, 0.2) is 11.5 Å². The second kappa shape index (κ2) is 7.44. The summed E-state index contributed by atoms with van der Waals surface area (Å²) in [6.07, 6.45) is 0.904. The normalized spacial score (nSPS) is 26.2. The topological polar surface area (TPSA) is 209 Å². The summed E-state index contributed by atoms with van der Waals surface area (Å²) in [6.45, 7) is 0. The molecule has 1 unspecified atom stereocenters. The SMILES string of the molecule is Nc1ncnc2c1ncn2[C@@H]1O/C(=C\C(N)CC[C@H](N)C(=O)O)[C@@H](O)[C@H]1O. The standard InChI is InChI=1S/C15H21N7O5/c16-6(1-2-7(17)15(25)26)3-8-10(23)11(24)14(27-8)22-5-21-9-12(18)19-4-20-13(9)22/h3-7,10-11,14,23-24H,1-2,16-17H2,(H,25,26)(H2,18,19,20)/b8-3-/t6?,7-,10+,11+,14+/m0/s1. The lowest BCUT2D eigenvalue weighted by molar-refractivity contribution is -0.138. The lowest BCUT2D eigenvalue weighted by Crippen LogP contribution is -2.32. The fourth-order valence-corrected chi connectivity index (χ4v) is 2.81. The Bertz CT molecular complexity index is 869. The van der Waals surface area contributed by atoms with E-state index in [1.165, 1.54) is 23.3 Å². The minimum atomic E-state index is -1.31. The van der Waals surface area contributed by atoms with Crippen LogP contribution in [0.4, 0.5) is 5.82 Å². The van der Waals surface area contributed by atoms with Gasteiger partial charge in [0.2, 0.25) is 6.23 Å². The maximum atomic E-state index is 10.7. The minimum absolute atomic E-state index is 0.0766. The van der Waals surface area contributed by atoms with Crippen molar-refractivity contribution >= 4 is 23.0 Å². The van der Waals surface area contributed by atoms with Gasteiger partial charge in [-0.2, -0.15) is 0 Å². The van der Waals surface area contributed by atoms with Crippen LogP contribution in [0.2, 0.25) is 0 Å². The maximum absolute atomic E-state index is 10.7. The van der Waals surface area contributed by atoms with Crippen molar-refractivity contribution in [1.29, 1.82) is 0 Å². The van der Waals surface area contributed by atoms with Gasteiger partial charge in [-0.25, -0.2) is 15.0 Å². The van der Waals surface area contributed by atoms with Crippen LogP contribution >= 0.6 is 0 Å². The molecule has 27 heavy (non-hydrogen) atoms. The van der Waals surface area contributed by atoms with E-state index < -0.39 is 36.5 Å². The van der Waals surface area contributed by atoms with Crippen molar-refractivity contribution in [3.8, 4) is 0 Å². The van der Waals surface area contributed by atoms with Crippen LogP contribution in [0.25, 0.3) is 11.2 Å². The highest BCUT2D eigenvalue weighted by atomic mass is 16.5. The molecule has 0 radical (unpaired) electrons. The Hall–Kier alpha value is -2.80. The Balaban J connectivity index is 1.77. The van der Waals surface area contributed by atoms with E-state index in [9.17, 15) is 15.0 Å². The van der Waals surface area contributed by atoms with Crippen LogP contribution in [0.1, 0.15) is 19.1 Å². The summed E-state index contributed by atoms with van der Waals surface area (Å²) in [4.78, 5) is 22.8. The summed E-state index contributed by atoms with van der Waals surface area (Å²) in [5.74, 6) is -0.858. The van der Waals surface area contributed by atoms with Crippen LogP contribution in [0.5, 0.6) is 0 Å². The van der Waals surface area contributed by atoms with Crippen molar-refractivity contribution in [3.05, 3.63) is 24.5 Å². The molecule has 9 N–H and O–H groups in total. The Morgan fingerprint density at radius 1 is 1.30 bits per heavy atom. The van der Waals surface area contributed by atoms with Crippen molar-refractivity contribution < 1.29 is 24.9 Å². The number of nitrogen functional groups attached to an aromatic ring is 1.